The third-order valence-electron chi connectivity index (χ3n) is 2.72. The summed E-state index contributed by atoms with van der Waals surface area (Å²) in [4.78, 5) is 10.7. The highest BCUT2D eigenvalue weighted by molar-refractivity contribution is 7.89. The van der Waals surface area contributed by atoms with Crippen LogP contribution in [0.1, 0.15) is 16.1 Å². The number of ether oxygens (including phenoxy) is 1. The number of aromatic carboxylic acids is 1. The average Bonchev–Trinajstić information content (AvgIpc) is 2.97. The Balaban J connectivity index is 2.28. The molecule has 0 atom stereocenters. The van der Waals surface area contributed by atoms with Gasteiger partial charge in [-0.3, -0.25) is 0 Å². The molecule has 112 valence electrons. The molecule has 2 aromatic rings. The fourth-order valence-corrected chi connectivity index (χ4v) is 2.82. The van der Waals surface area contributed by atoms with Gasteiger partial charge in [0.2, 0.25) is 10.0 Å². The van der Waals surface area contributed by atoms with Crippen LogP contribution in [0.25, 0.3) is 0 Å². The third kappa shape index (κ3) is 3.41. The summed E-state index contributed by atoms with van der Waals surface area (Å²) < 4.78 is 36.8. The summed E-state index contributed by atoms with van der Waals surface area (Å²) in [5, 5.41) is 8.89. The lowest BCUT2D eigenvalue weighted by atomic mass is 10.2. The Morgan fingerprint density at radius 2 is 2.14 bits per heavy atom. The van der Waals surface area contributed by atoms with Crippen LogP contribution in [0.5, 0.6) is 5.75 Å². The molecule has 8 heteroatoms. The van der Waals surface area contributed by atoms with E-state index in [1.54, 1.807) is 12.1 Å². The molecular weight excluding hydrogens is 298 g/mol. The minimum Gasteiger partial charge on any atom is -0.495 e. The molecule has 2 N–H and O–H groups in total. The van der Waals surface area contributed by atoms with Crippen molar-refractivity contribution in [3.63, 3.8) is 0 Å². The summed E-state index contributed by atoms with van der Waals surface area (Å²) in [6.45, 7) is -0.0147. The topological polar surface area (TPSA) is 106 Å². The Morgan fingerprint density at radius 3 is 2.71 bits per heavy atom. The maximum atomic E-state index is 12.2. The SMILES string of the molecule is COc1cc(C(=O)O)ccc1S(=O)(=O)NCc1ccco1. The van der Waals surface area contributed by atoms with E-state index in [1.807, 2.05) is 0 Å². The van der Waals surface area contributed by atoms with Crippen molar-refractivity contribution >= 4 is 16.0 Å². The Bertz CT molecular complexity index is 736. The van der Waals surface area contributed by atoms with Gasteiger partial charge in [0, 0.05) is 0 Å². The predicted octanol–water partition coefficient (Wildman–Crippen LogP) is 1.46. The van der Waals surface area contributed by atoms with E-state index >= 15 is 0 Å². The lowest BCUT2D eigenvalue weighted by Gasteiger charge is -2.10. The summed E-state index contributed by atoms with van der Waals surface area (Å²) in [5.74, 6) is -0.748. The van der Waals surface area contributed by atoms with Crippen molar-refractivity contribution in [1.29, 1.82) is 0 Å². The zero-order valence-electron chi connectivity index (χ0n) is 11.1. The molecule has 2 rings (SSSR count). The summed E-state index contributed by atoms with van der Waals surface area (Å²) in [6, 6.07) is 6.82. The maximum Gasteiger partial charge on any atom is 0.335 e. The van der Waals surface area contributed by atoms with E-state index in [4.69, 9.17) is 14.3 Å². The van der Waals surface area contributed by atoms with E-state index in [0.717, 1.165) is 6.07 Å². The molecular formula is C13H13NO6S. The third-order valence-corrected chi connectivity index (χ3v) is 4.16. The zero-order valence-corrected chi connectivity index (χ0v) is 11.9. The van der Waals surface area contributed by atoms with Crippen LogP contribution >= 0.6 is 0 Å². The number of sulfonamides is 1. The Morgan fingerprint density at radius 1 is 1.38 bits per heavy atom. The second-order valence-electron chi connectivity index (χ2n) is 4.07. The Kier molecular flexibility index (Phi) is 4.29. The number of carboxylic acids is 1. The van der Waals surface area contributed by atoms with Crippen molar-refractivity contribution < 1.29 is 27.5 Å². The van der Waals surface area contributed by atoms with E-state index in [-0.39, 0.29) is 22.8 Å². The molecule has 0 saturated heterocycles. The Labute approximate surface area is 121 Å². The number of hydrogen-bond donors (Lipinski definition) is 2. The smallest absolute Gasteiger partial charge is 0.335 e. The highest BCUT2D eigenvalue weighted by Gasteiger charge is 2.21. The number of carboxylic acid groups (broad SMARTS) is 1. The molecule has 0 aliphatic carbocycles. The van der Waals surface area contributed by atoms with Crippen LogP contribution in [0.4, 0.5) is 0 Å². The largest absolute Gasteiger partial charge is 0.495 e. The summed E-state index contributed by atoms with van der Waals surface area (Å²) in [7, 11) is -2.58. The van der Waals surface area contributed by atoms with Crippen LogP contribution in [-0.4, -0.2) is 26.6 Å². The monoisotopic (exact) mass is 311 g/mol. The van der Waals surface area contributed by atoms with Gasteiger partial charge in [0.05, 0.1) is 25.5 Å². The zero-order chi connectivity index (χ0) is 15.5. The molecule has 0 saturated carbocycles. The standard InChI is InChI=1S/C13H13NO6S/c1-19-11-7-9(13(15)16)4-5-12(11)21(17,18)14-8-10-3-2-6-20-10/h2-7,14H,8H2,1H3,(H,15,16). The fourth-order valence-electron chi connectivity index (χ4n) is 1.68. The number of benzene rings is 1. The normalized spacial score (nSPS) is 11.3. The van der Waals surface area contributed by atoms with Gasteiger partial charge >= 0.3 is 5.97 Å². The second-order valence-corrected chi connectivity index (χ2v) is 5.81. The molecule has 0 amide bonds. The first-order valence-corrected chi connectivity index (χ1v) is 7.36. The van der Waals surface area contributed by atoms with E-state index in [9.17, 15) is 13.2 Å². The van der Waals surface area contributed by atoms with Gasteiger partial charge in [-0.25, -0.2) is 17.9 Å². The van der Waals surface area contributed by atoms with Crippen molar-refractivity contribution in [2.45, 2.75) is 11.4 Å². The molecule has 0 aliphatic rings. The molecule has 0 unspecified atom stereocenters. The number of carbonyl (C=O) groups is 1. The Hall–Kier alpha value is -2.32. The summed E-state index contributed by atoms with van der Waals surface area (Å²) in [6.07, 6.45) is 1.44. The number of rotatable bonds is 6. The molecule has 7 nitrogen and oxygen atoms in total. The molecule has 1 aromatic carbocycles. The van der Waals surface area contributed by atoms with Crippen molar-refractivity contribution in [2.75, 3.05) is 7.11 Å². The molecule has 0 radical (unpaired) electrons. The van der Waals surface area contributed by atoms with Crippen LogP contribution in [-0.2, 0) is 16.6 Å². The summed E-state index contributed by atoms with van der Waals surface area (Å²) >= 11 is 0. The molecule has 0 aliphatic heterocycles. The first kappa shape index (κ1) is 15.1. The van der Waals surface area contributed by atoms with Gasteiger partial charge in [-0.2, -0.15) is 0 Å². The molecule has 0 fully saturated rings. The van der Waals surface area contributed by atoms with Crippen LogP contribution in [0.3, 0.4) is 0 Å². The molecule has 1 heterocycles. The molecule has 1 aromatic heterocycles. The van der Waals surface area contributed by atoms with Gasteiger partial charge in [0.1, 0.15) is 16.4 Å². The first-order valence-electron chi connectivity index (χ1n) is 5.87. The van der Waals surface area contributed by atoms with E-state index in [1.165, 1.54) is 25.5 Å². The van der Waals surface area contributed by atoms with Gasteiger partial charge in [-0.1, -0.05) is 0 Å². The number of methoxy groups -OCH3 is 1. The van der Waals surface area contributed by atoms with Gasteiger partial charge in [0.15, 0.2) is 0 Å². The van der Waals surface area contributed by atoms with Gasteiger partial charge < -0.3 is 14.3 Å². The average molecular weight is 311 g/mol. The maximum absolute atomic E-state index is 12.2. The van der Waals surface area contributed by atoms with Crippen molar-refractivity contribution in [3.05, 3.63) is 47.9 Å². The van der Waals surface area contributed by atoms with Gasteiger partial charge in [0.25, 0.3) is 0 Å². The number of furan rings is 1. The van der Waals surface area contributed by atoms with Crippen molar-refractivity contribution in [2.24, 2.45) is 0 Å². The van der Waals surface area contributed by atoms with Crippen LogP contribution in [0.2, 0.25) is 0 Å². The van der Waals surface area contributed by atoms with Gasteiger partial charge in [-0.15, -0.1) is 0 Å². The quantitative estimate of drug-likeness (QED) is 0.836. The highest BCUT2D eigenvalue weighted by atomic mass is 32.2. The van der Waals surface area contributed by atoms with Crippen LogP contribution in [0.15, 0.2) is 45.9 Å². The van der Waals surface area contributed by atoms with Crippen LogP contribution < -0.4 is 9.46 Å². The number of hydrogen-bond acceptors (Lipinski definition) is 5. The molecule has 0 spiro atoms. The molecule has 0 bridgehead atoms. The highest BCUT2D eigenvalue weighted by Crippen LogP contribution is 2.25. The lowest BCUT2D eigenvalue weighted by Crippen LogP contribution is -2.23. The van der Waals surface area contributed by atoms with Crippen molar-refractivity contribution in [3.8, 4) is 5.75 Å². The lowest BCUT2D eigenvalue weighted by molar-refractivity contribution is 0.0696. The second kappa shape index (κ2) is 5.98. The van der Waals surface area contributed by atoms with E-state index in [0.29, 0.717) is 5.76 Å². The minimum atomic E-state index is -3.85. The van der Waals surface area contributed by atoms with E-state index < -0.39 is 16.0 Å². The summed E-state index contributed by atoms with van der Waals surface area (Å²) in [5.41, 5.74) is -0.0585. The minimum absolute atomic E-state index is 0.0147. The van der Waals surface area contributed by atoms with Crippen molar-refractivity contribution in [1.82, 2.24) is 4.72 Å². The number of nitrogens with one attached hydrogen (secondary N) is 1. The first-order chi connectivity index (χ1) is 9.94. The predicted molar refractivity (Wildman–Crippen MR) is 72.7 cm³/mol. The van der Waals surface area contributed by atoms with Gasteiger partial charge in [-0.05, 0) is 30.3 Å². The van der Waals surface area contributed by atoms with E-state index in [2.05, 4.69) is 4.72 Å². The fraction of sp³-hybridized carbons (Fsp3) is 0.154. The molecule has 21 heavy (non-hydrogen) atoms. The van der Waals surface area contributed by atoms with Crippen LogP contribution in [0, 0.1) is 0 Å².